The first-order valence-corrected chi connectivity index (χ1v) is 5.31. The number of hydrogen-bond donors (Lipinski definition) is 1. The number of carboxylic acids is 1. The molecule has 1 aromatic rings. The summed E-state index contributed by atoms with van der Waals surface area (Å²) in [5, 5.41) is 8.67. The Kier molecular flexibility index (Phi) is 3.14. The third kappa shape index (κ3) is 2.36. The number of rotatable bonds is 3. The van der Waals surface area contributed by atoms with Gasteiger partial charge < -0.3 is 9.84 Å². The van der Waals surface area contributed by atoms with E-state index in [0.717, 1.165) is 23.4 Å². The van der Waals surface area contributed by atoms with Crippen LogP contribution in [0.5, 0.6) is 0 Å². The lowest BCUT2D eigenvalue weighted by Gasteiger charge is -2.18. The van der Waals surface area contributed by atoms with Gasteiger partial charge in [-0.3, -0.25) is 4.79 Å². The molecule has 0 saturated carbocycles. The second-order valence-electron chi connectivity index (χ2n) is 3.84. The summed E-state index contributed by atoms with van der Waals surface area (Å²) in [7, 11) is 0. The van der Waals surface area contributed by atoms with Gasteiger partial charge in [0.1, 0.15) is 5.82 Å². The molecule has 0 bridgehead atoms. The predicted octanol–water partition coefficient (Wildman–Crippen LogP) is 0.875. The zero-order chi connectivity index (χ0) is 11.5. The molecule has 1 aliphatic rings. The van der Waals surface area contributed by atoms with Crippen LogP contribution < -0.4 is 0 Å². The molecule has 0 amide bonds. The molecular formula is C11H14N2O3. The lowest BCUT2D eigenvalue weighted by atomic mass is 10.0. The van der Waals surface area contributed by atoms with Gasteiger partial charge in [0, 0.05) is 18.4 Å². The summed E-state index contributed by atoms with van der Waals surface area (Å²) in [6.45, 7) is 3.02. The average Bonchev–Trinajstić information content (AvgIpc) is 2.25. The first-order chi connectivity index (χ1) is 7.66. The number of ether oxygens (including phenoxy) is 1. The first kappa shape index (κ1) is 11.0. The van der Waals surface area contributed by atoms with Gasteiger partial charge in [0.05, 0.1) is 31.0 Å². The predicted molar refractivity (Wildman–Crippen MR) is 56.1 cm³/mol. The third-order valence-corrected chi connectivity index (χ3v) is 2.60. The molecule has 0 fully saturated rings. The van der Waals surface area contributed by atoms with Crippen molar-refractivity contribution in [3.8, 4) is 0 Å². The maximum absolute atomic E-state index is 10.6. The normalized spacial score (nSPS) is 14.6. The summed E-state index contributed by atoms with van der Waals surface area (Å²) < 4.78 is 5.36. The standard InChI is InChI=1S/C11H14N2O3/c1-7-12-9(2-3-11(14)15)8-6-16-5-4-10(8)13-7/h2-6H2,1H3,(H,14,15). The van der Waals surface area contributed by atoms with Gasteiger partial charge in [0.25, 0.3) is 0 Å². The van der Waals surface area contributed by atoms with Gasteiger partial charge in [-0.1, -0.05) is 0 Å². The molecule has 86 valence electrons. The van der Waals surface area contributed by atoms with Gasteiger partial charge in [0.15, 0.2) is 0 Å². The van der Waals surface area contributed by atoms with Gasteiger partial charge >= 0.3 is 5.97 Å². The van der Waals surface area contributed by atoms with Crippen LogP contribution in [0.25, 0.3) is 0 Å². The molecule has 1 aliphatic heterocycles. The molecule has 0 aromatic carbocycles. The SMILES string of the molecule is Cc1nc2c(c(CCC(=O)O)n1)COCC2. The summed E-state index contributed by atoms with van der Waals surface area (Å²) in [5.74, 6) is -0.0946. The lowest BCUT2D eigenvalue weighted by molar-refractivity contribution is -0.136. The van der Waals surface area contributed by atoms with E-state index in [1.807, 2.05) is 6.92 Å². The molecule has 2 rings (SSSR count). The van der Waals surface area contributed by atoms with Crippen molar-refractivity contribution in [2.24, 2.45) is 0 Å². The van der Waals surface area contributed by atoms with Crippen molar-refractivity contribution >= 4 is 5.97 Å². The topological polar surface area (TPSA) is 72.3 Å². The van der Waals surface area contributed by atoms with E-state index in [1.165, 1.54) is 0 Å². The highest BCUT2D eigenvalue weighted by Crippen LogP contribution is 2.19. The van der Waals surface area contributed by atoms with Crippen LogP contribution in [0, 0.1) is 6.92 Å². The Hall–Kier alpha value is -1.49. The Labute approximate surface area is 93.5 Å². The highest BCUT2D eigenvalue weighted by atomic mass is 16.5. The van der Waals surface area contributed by atoms with Crippen LogP contribution in [-0.4, -0.2) is 27.7 Å². The van der Waals surface area contributed by atoms with Crippen LogP contribution in [-0.2, 0) is 29.0 Å². The summed E-state index contributed by atoms with van der Waals surface area (Å²) in [6.07, 6.45) is 1.34. The quantitative estimate of drug-likeness (QED) is 0.821. The highest BCUT2D eigenvalue weighted by Gasteiger charge is 2.17. The Morgan fingerprint density at radius 1 is 1.50 bits per heavy atom. The lowest BCUT2D eigenvalue weighted by Crippen LogP contribution is -2.17. The molecule has 1 aromatic heterocycles. The van der Waals surface area contributed by atoms with Crippen LogP contribution >= 0.6 is 0 Å². The molecule has 16 heavy (non-hydrogen) atoms. The number of carboxylic acid groups (broad SMARTS) is 1. The molecule has 0 aliphatic carbocycles. The number of aryl methyl sites for hydroxylation is 2. The van der Waals surface area contributed by atoms with Gasteiger partial charge in [-0.25, -0.2) is 9.97 Å². The summed E-state index contributed by atoms with van der Waals surface area (Å²) in [6, 6.07) is 0. The molecule has 2 heterocycles. The van der Waals surface area contributed by atoms with E-state index in [-0.39, 0.29) is 6.42 Å². The minimum absolute atomic E-state index is 0.100. The number of aliphatic carboxylic acids is 1. The smallest absolute Gasteiger partial charge is 0.303 e. The van der Waals surface area contributed by atoms with Crippen molar-refractivity contribution in [3.63, 3.8) is 0 Å². The van der Waals surface area contributed by atoms with Crippen LogP contribution in [0.3, 0.4) is 0 Å². The number of nitrogens with zero attached hydrogens (tertiary/aromatic N) is 2. The molecule has 5 heteroatoms. The van der Waals surface area contributed by atoms with Crippen LogP contribution in [0.15, 0.2) is 0 Å². The number of fused-ring (bicyclic) bond motifs is 1. The first-order valence-electron chi connectivity index (χ1n) is 5.31. The van der Waals surface area contributed by atoms with E-state index in [0.29, 0.717) is 25.5 Å². The summed E-state index contributed by atoms with van der Waals surface area (Å²) >= 11 is 0. The highest BCUT2D eigenvalue weighted by molar-refractivity contribution is 5.67. The van der Waals surface area contributed by atoms with Gasteiger partial charge in [-0.15, -0.1) is 0 Å². The monoisotopic (exact) mass is 222 g/mol. The van der Waals surface area contributed by atoms with Gasteiger partial charge in [0.2, 0.25) is 0 Å². The molecular weight excluding hydrogens is 208 g/mol. The van der Waals surface area contributed by atoms with Crippen molar-refractivity contribution in [2.75, 3.05) is 6.61 Å². The van der Waals surface area contributed by atoms with Crippen molar-refractivity contribution in [3.05, 3.63) is 22.8 Å². The fraction of sp³-hybridized carbons (Fsp3) is 0.545. The molecule has 0 spiro atoms. The van der Waals surface area contributed by atoms with E-state index < -0.39 is 5.97 Å². The fourth-order valence-electron chi connectivity index (χ4n) is 1.87. The minimum Gasteiger partial charge on any atom is -0.481 e. The van der Waals surface area contributed by atoms with E-state index in [2.05, 4.69) is 9.97 Å². The zero-order valence-corrected chi connectivity index (χ0v) is 9.19. The molecule has 5 nitrogen and oxygen atoms in total. The third-order valence-electron chi connectivity index (χ3n) is 2.60. The summed E-state index contributed by atoms with van der Waals surface area (Å²) in [5.41, 5.74) is 2.82. The van der Waals surface area contributed by atoms with Crippen molar-refractivity contribution < 1.29 is 14.6 Å². The van der Waals surface area contributed by atoms with E-state index in [4.69, 9.17) is 9.84 Å². The Morgan fingerprint density at radius 2 is 2.31 bits per heavy atom. The maximum atomic E-state index is 10.6. The van der Waals surface area contributed by atoms with E-state index in [9.17, 15) is 4.79 Å². The second kappa shape index (κ2) is 4.57. The second-order valence-corrected chi connectivity index (χ2v) is 3.84. The fourth-order valence-corrected chi connectivity index (χ4v) is 1.87. The van der Waals surface area contributed by atoms with Gasteiger partial charge in [-0.05, 0) is 6.92 Å². The number of hydrogen-bond acceptors (Lipinski definition) is 4. The van der Waals surface area contributed by atoms with E-state index >= 15 is 0 Å². The number of aromatic nitrogens is 2. The largest absolute Gasteiger partial charge is 0.481 e. The summed E-state index contributed by atoms with van der Waals surface area (Å²) in [4.78, 5) is 19.2. The van der Waals surface area contributed by atoms with Crippen molar-refractivity contribution in [1.29, 1.82) is 0 Å². The Bertz CT molecular complexity index is 418. The molecule has 1 N–H and O–H groups in total. The Morgan fingerprint density at radius 3 is 3.06 bits per heavy atom. The maximum Gasteiger partial charge on any atom is 0.303 e. The van der Waals surface area contributed by atoms with Crippen molar-refractivity contribution in [1.82, 2.24) is 9.97 Å². The van der Waals surface area contributed by atoms with Crippen LogP contribution in [0.1, 0.15) is 29.2 Å². The van der Waals surface area contributed by atoms with Gasteiger partial charge in [-0.2, -0.15) is 0 Å². The van der Waals surface area contributed by atoms with E-state index in [1.54, 1.807) is 0 Å². The molecule has 0 unspecified atom stereocenters. The molecule has 0 saturated heterocycles. The number of carbonyl (C=O) groups is 1. The van der Waals surface area contributed by atoms with Crippen LogP contribution in [0.2, 0.25) is 0 Å². The Balaban J connectivity index is 2.28. The minimum atomic E-state index is -0.804. The molecule has 0 radical (unpaired) electrons. The average molecular weight is 222 g/mol. The van der Waals surface area contributed by atoms with Crippen molar-refractivity contribution in [2.45, 2.75) is 32.8 Å². The zero-order valence-electron chi connectivity index (χ0n) is 9.19. The molecule has 0 atom stereocenters. The van der Waals surface area contributed by atoms with Crippen LogP contribution in [0.4, 0.5) is 0 Å².